The van der Waals surface area contributed by atoms with E-state index in [4.69, 9.17) is 26.1 Å². The van der Waals surface area contributed by atoms with Crippen LogP contribution < -0.4 is 5.32 Å². The van der Waals surface area contributed by atoms with Gasteiger partial charge in [-0.15, -0.1) is 11.6 Å². The molecule has 0 aromatic carbocycles. The summed E-state index contributed by atoms with van der Waals surface area (Å²) in [5.74, 6) is -1.15. The monoisotopic (exact) mass is 376 g/mol. The van der Waals surface area contributed by atoms with Crippen LogP contribution in [0.4, 0.5) is 4.39 Å². The molecule has 1 fully saturated rings. The lowest BCUT2D eigenvalue weighted by molar-refractivity contribution is -0.166. The van der Waals surface area contributed by atoms with Crippen molar-refractivity contribution in [3.63, 3.8) is 0 Å². The summed E-state index contributed by atoms with van der Waals surface area (Å²) in [5, 5.41) is 21.8. The number of carbonyl (C=O) groups excluding carboxylic acids is 1. The molecule has 2 aliphatic heterocycles. The van der Waals surface area contributed by atoms with Crippen molar-refractivity contribution in [2.45, 2.75) is 30.5 Å². The fraction of sp³-hybridized carbons (Fsp3) is 0.700. The second-order valence-electron chi connectivity index (χ2n) is 5.01. The molecular weight excluding hydrogens is 362 g/mol. The average molecular weight is 377 g/mol. The quantitative estimate of drug-likeness (QED) is 0.281. The smallest absolute Gasteiger partial charge is 0.387 e. The molecule has 0 radical (unpaired) electrons. The van der Waals surface area contributed by atoms with Crippen LogP contribution in [0.15, 0.2) is 12.3 Å². The van der Waals surface area contributed by atoms with E-state index in [1.54, 1.807) is 0 Å². The molecule has 5 N–H and O–H groups in total. The van der Waals surface area contributed by atoms with Crippen LogP contribution in [0.1, 0.15) is 0 Å². The molecule has 2 heterocycles. The van der Waals surface area contributed by atoms with E-state index in [1.165, 1.54) is 0 Å². The van der Waals surface area contributed by atoms with Crippen molar-refractivity contribution in [2.24, 2.45) is 0 Å². The first-order valence-electron chi connectivity index (χ1n) is 6.30. The van der Waals surface area contributed by atoms with Gasteiger partial charge in [0.15, 0.2) is 12.4 Å². The lowest BCUT2D eigenvalue weighted by Crippen LogP contribution is -2.54. The van der Waals surface area contributed by atoms with Gasteiger partial charge >= 0.3 is 7.82 Å². The summed E-state index contributed by atoms with van der Waals surface area (Å²) < 4.78 is 34.7. The van der Waals surface area contributed by atoms with Crippen LogP contribution in [-0.4, -0.2) is 73.8 Å². The van der Waals surface area contributed by atoms with Crippen molar-refractivity contribution < 1.29 is 43.0 Å². The number of halogens is 2. The SMILES string of the molecule is O=C1C=CN(C2OC(CCl)(COP(=O)(O)O)C(O)C2F)C(O)N1. The third-order valence-corrected chi connectivity index (χ3v) is 4.34. The summed E-state index contributed by atoms with van der Waals surface area (Å²) in [4.78, 5) is 29.4. The van der Waals surface area contributed by atoms with Crippen molar-refractivity contribution in [1.29, 1.82) is 0 Å². The number of nitrogens with one attached hydrogen (secondary N) is 1. The van der Waals surface area contributed by atoms with Gasteiger partial charge in [-0.1, -0.05) is 0 Å². The number of amides is 1. The molecule has 1 saturated heterocycles. The first-order chi connectivity index (χ1) is 10.6. The number of carbonyl (C=O) groups is 1. The predicted molar refractivity (Wildman–Crippen MR) is 72.4 cm³/mol. The first-order valence-corrected chi connectivity index (χ1v) is 8.36. The largest absolute Gasteiger partial charge is 0.469 e. The second-order valence-corrected chi connectivity index (χ2v) is 6.51. The van der Waals surface area contributed by atoms with Gasteiger partial charge in [0, 0.05) is 12.3 Å². The van der Waals surface area contributed by atoms with E-state index in [-0.39, 0.29) is 0 Å². The number of phosphoric ester groups is 1. The van der Waals surface area contributed by atoms with Gasteiger partial charge in [0.25, 0.3) is 0 Å². The third-order valence-electron chi connectivity index (χ3n) is 3.42. The van der Waals surface area contributed by atoms with Crippen molar-refractivity contribution in [1.82, 2.24) is 10.2 Å². The van der Waals surface area contributed by atoms with Crippen molar-refractivity contribution >= 4 is 25.3 Å². The van der Waals surface area contributed by atoms with Gasteiger partial charge in [-0.25, -0.2) is 8.96 Å². The number of alkyl halides is 2. The molecule has 2 rings (SSSR count). The maximum Gasteiger partial charge on any atom is 0.469 e. The topological polar surface area (TPSA) is 149 Å². The molecule has 0 aromatic heterocycles. The maximum atomic E-state index is 14.4. The Morgan fingerprint density at radius 3 is 2.70 bits per heavy atom. The lowest BCUT2D eigenvalue weighted by atomic mass is 9.99. The summed E-state index contributed by atoms with van der Waals surface area (Å²) in [7, 11) is -4.90. The molecular formula is C10H15ClFN2O8P. The molecule has 2 aliphatic rings. The minimum Gasteiger partial charge on any atom is -0.387 e. The Hall–Kier alpha value is -0.780. The highest BCUT2D eigenvalue weighted by Crippen LogP contribution is 2.42. The molecule has 0 saturated carbocycles. The number of aliphatic hydroxyl groups excluding tert-OH is 2. The summed E-state index contributed by atoms with van der Waals surface area (Å²) in [6.45, 7) is -0.876. The average Bonchev–Trinajstić information content (AvgIpc) is 2.70. The fourth-order valence-electron chi connectivity index (χ4n) is 2.22. The number of ether oxygens (including phenoxy) is 1. The molecule has 5 unspecified atom stereocenters. The zero-order valence-corrected chi connectivity index (χ0v) is 13.1. The van der Waals surface area contributed by atoms with E-state index in [9.17, 15) is 24.0 Å². The minimum atomic E-state index is -4.90. The molecule has 0 spiro atoms. The Labute approximate surface area is 134 Å². The maximum absolute atomic E-state index is 14.4. The van der Waals surface area contributed by atoms with Crippen LogP contribution in [-0.2, 0) is 18.6 Å². The number of hydrogen-bond acceptors (Lipinski definition) is 7. The van der Waals surface area contributed by atoms with E-state index in [0.717, 1.165) is 17.2 Å². The molecule has 0 aromatic rings. The van der Waals surface area contributed by atoms with Crippen molar-refractivity contribution in [3.8, 4) is 0 Å². The van der Waals surface area contributed by atoms with Gasteiger partial charge in [0.2, 0.25) is 12.3 Å². The minimum absolute atomic E-state index is 0.537. The number of rotatable bonds is 5. The lowest BCUT2D eigenvalue weighted by Gasteiger charge is -2.35. The van der Waals surface area contributed by atoms with Crippen LogP contribution in [0.5, 0.6) is 0 Å². The Kier molecular flexibility index (Phi) is 5.34. The highest BCUT2D eigenvalue weighted by molar-refractivity contribution is 7.46. The van der Waals surface area contributed by atoms with Crippen molar-refractivity contribution in [3.05, 3.63) is 12.3 Å². The molecule has 23 heavy (non-hydrogen) atoms. The Morgan fingerprint density at radius 1 is 1.52 bits per heavy atom. The van der Waals surface area contributed by atoms with Crippen LogP contribution in [0.25, 0.3) is 0 Å². The van der Waals surface area contributed by atoms with Gasteiger partial charge in [0.05, 0.1) is 12.5 Å². The molecule has 1 amide bonds. The van der Waals surface area contributed by atoms with E-state index in [1.807, 2.05) is 0 Å². The van der Waals surface area contributed by atoms with E-state index in [0.29, 0.717) is 0 Å². The summed E-state index contributed by atoms with van der Waals surface area (Å²) in [6, 6.07) is 0. The zero-order valence-electron chi connectivity index (χ0n) is 11.5. The summed E-state index contributed by atoms with van der Waals surface area (Å²) in [6.07, 6.45) is -5.09. The Balaban J connectivity index is 2.20. The Bertz CT molecular complexity index is 547. The van der Waals surface area contributed by atoms with Gasteiger partial charge in [-0.3, -0.25) is 9.32 Å². The normalized spacial score (nSPS) is 38.0. The predicted octanol–water partition coefficient (Wildman–Crippen LogP) is -1.65. The van der Waals surface area contributed by atoms with E-state index < -0.39 is 56.7 Å². The van der Waals surface area contributed by atoms with Gasteiger partial charge in [0.1, 0.15) is 11.7 Å². The number of aliphatic hydroxyl groups is 2. The third kappa shape index (κ3) is 3.83. The van der Waals surface area contributed by atoms with Crippen LogP contribution in [0, 0.1) is 0 Å². The van der Waals surface area contributed by atoms with Crippen LogP contribution in [0.3, 0.4) is 0 Å². The molecule has 5 atom stereocenters. The van der Waals surface area contributed by atoms with E-state index >= 15 is 0 Å². The zero-order chi connectivity index (χ0) is 17.4. The van der Waals surface area contributed by atoms with Gasteiger partial charge in [-0.05, 0) is 0 Å². The summed E-state index contributed by atoms with van der Waals surface area (Å²) in [5.41, 5.74) is -1.94. The molecule has 0 bridgehead atoms. The molecule has 132 valence electrons. The van der Waals surface area contributed by atoms with Crippen LogP contribution >= 0.6 is 19.4 Å². The standard InChI is InChI=1S/C10H15ClFN2O8P/c11-3-10(4-21-23(18,19)20)7(16)6(12)8(22-10)14-2-1-5(15)13-9(14)17/h1-2,6-9,16-17H,3-4H2,(H,13,15)(H2,18,19,20). The first kappa shape index (κ1) is 18.6. The molecule has 13 heteroatoms. The fourth-order valence-corrected chi connectivity index (χ4v) is 2.90. The highest BCUT2D eigenvalue weighted by Gasteiger charge is 2.58. The second kappa shape index (κ2) is 6.61. The van der Waals surface area contributed by atoms with Crippen molar-refractivity contribution in [2.75, 3.05) is 12.5 Å². The number of phosphoric acid groups is 1. The molecule has 0 aliphatic carbocycles. The van der Waals surface area contributed by atoms with Crippen LogP contribution in [0.2, 0.25) is 0 Å². The van der Waals surface area contributed by atoms with Gasteiger partial charge in [-0.2, -0.15) is 0 Å². The van der Waals surface area contributed by atoms with E-state index in [2.05, 4.69) is 9.84 Å². The summed E-state index contributed by atoms with van der Waals surface area (Å²) >= 11 is 5.66. The Morgan fingerprint density at radius 2 is 2.17 bits per heavy atom. The number of nitrogens with zero attached hydrogens (tertiary/aromatic N) is 1. The van der Waals surface area contributed by atoms with Gasteiger partial charge < -0.3 is 35.0 Å². The number of hydrogen-bond donors (Lipinski definition) is 5. The molecule has 10 nitrogen and oxygen atoms in total. The highest BCUT2D eigenvalue weighted by atomic mass is 35.5.